The van der Waals surface area contributed by atoms with Crippen LogP contribution in [-0.4, -0.2) is 30.0 Å². The predicted octanol–water partition coefficient (Wildman–Crippen LogP) is 1.62. The first kappa shape index (κ1) is 14.8. The number of hydrogen-bond donors (Lipinski definition) is 2. The molecule has 3 atom stereocenters. The molecule has 0 aromatic rings. The van der Waals surface area contributed by atoms with Crippen LogP contribution in [-0.2, 0) is 4.79 Å². The van der Waals surface area contributed by atoms with Crippen molar-refractivity contribution in [3.8, 4) is 0 Å². The van der Waals surface area contributed by atoms with Gasteiger partial charge in [-0.25, -0.2) is 0 Å². The second kappa shape index (κ2) is 7.99. The normalized spacial score (nSPS) is 16.9. The van der Waals surface area contributed by atoms with Gasteiger partial charge in [0.1, 0.15) is 0 Å². The van der Waals surface area contributed by atoms with E-state index in [1.165, 1.54) is 0 Å². The lowest BCUT2D eigenvalue weighted by Gasteiger charge is -2.22. The smallest absolute Gasteiger partial charge is 0.237 e. The molecule has 0 heterocycles. The average Bonchev–Trinajstić information content (AvgIpc) is 2.26. The summed E-state index contributed by atoms with van der Waals surface area (Å²) in [5.41, 5.74) is 5.85. The summed E-state index contributed by atoms with van der Waals surface area (Å²) in [4.78, 5) is 11.7. The van der Waals surface area contributed by atoms with E-state index >= 15 is 0 Å². The maximum Gasteiger partial charge on any atom is 0.237 e. The van der Waals surface area contributed by atoms with Gasteiger partial charge in [0.2, 0.25) is 5.91 Å². The number of hydrogen-bond acceptors (Lipinski definition) is 3. The Morgan fingerprint density at radius 2 is 2.00 bits per heavy atom. The molecule has 0 rings (SSSR count). The van der Waals surface area contributed by atoms with Crippen LogP contribution in [0, 0.1) is 5.92 Å². The van der Waals surface area contributed by atoms with E-state index in [0.717, 1.165) is 18.6 Å². The van der Waals surface area contributed by atoms with Crippen molar-refractivity contribution < 1.29 is 4.79 Å². The Kier molecular flexibility index (Phi) is 7.88. The zero-order valence-electron chi connectivity index (χ0n) is 10.2. The summed E-state index contributed by atoms with van der Waals surface area (Å²) in [5.74, 6) is 1.19. The summed E-state index contributed by atoms with van der Waals surface area (Å²) in [5, 5.41) is 3.00. The van der Waals surface area contributed by atoms with Crippen LogP contribution in [0.4, 0.5) is 0 Å². The summed E-state index contributed by atoms with van der Waals surface area (Å²) in [6.07, 6.45) is 3.94. The number of nitrogens with one attached hydrogen (secondary N) is 1. The molecule has 0 bridgehead atoms. The van der Waals surface area contributed by atoms with Crippen molar-refractivity contribution in [2.24, 2.45) is 11.7 Å². The Bertz CT molecular complexity index is 187. The van der Waals surface area contributed by atoms with Crippen LogP contribution in [0.5, 0.6) is 0 Å². The molecule has 4 heteroatoms. The fraction of sp³-hybridized carbons (Fsp3) is 0.909. The summed E-state index contributed by atoms with van der Waals surface area (Å²) < 4.78 is 0. The van der Waals surface area contributed by atoms with Crippen molar-refractivity contribution in [3.05, 3.63) is 0 Å². The van der Waals surface area contributed by atoms with Crippen LogP contribution >= 0.6 is 11.8 Å². The summed E-state index contributed by atoms with van der Waals surface area (Å²) >= 11 is 1.75. The third-order valence-corrected chi connectivity index (χ3v) is 3.50. The van der Waals surface area contributed by atoms with Gasteiger partial charge in [0, 0.05) is 11.8 Å². The molecule has 0 aromatic carbocycles. The predicted molar refractivity (Wildman–Crippen MR) is 68.0 cm³/mol. The zero-order chi connectivity index (χ0) is 11.8. The van der Waals surface area contributed by atoms with Crippen LogP contribution in [0.3, 0.4) is 0 Å². The molecule has 90 valence electrons. The fourth-order valence-corrected chi connectivity index (χ4v) is 1.99. The van der Waals surface area contributed by atoms with Gasteiger partial charge in [-0.15, -0.1) is 0 Å². The Morgan fingerprint density at radius 1 is 1.40 bits per heavy atom. The minimum Gasteiger partial charge on any atom is -0.351 e. The number of thioether (sulfide) groups is 1. The summed E-state index contributed by atoms with van der Waals surface area (Å²) in [7, 11) is 0. The van der Waals surface area contributed by atoms with Gasteiger partial charge in [-0.05, 0) is 18.6 Å². The van der Waals surface area contributed by atoms with E-state index in [1.807, 2.05) is 13.2 Å². The van der Waals surface area contributed by atoms with Gasteiger partial charge < -0.3 is 11.1 Å². The van der Waals surface area contributed by atoms with Crippen LogP contribution in [0.25, 0.3) is 0 Å². The highest BCUT2D eigenvalue weighted by Crippen LogP contribution is 2.07. The molecule has 0 fully saturated rings. The third kappa shape index (κ3) is 5.42. The number of carbonyl (C=O) groups excluding carboxylic acids is 1. The van der Waals surface area contributed by atoms with E-state index in [4.69, 9.17) is 5.73 Å². The molecule has 0 saturated heterocycles. The summed E-state index contributed by atoms with van der Waals surface area (Å²) in [6, 6.07) is -0.117. The SMILES string of the molecule is CCC(CSC)NC(=O)[C@@H](N)[C@@H](C)CC. The van der Waals surface area contributed by atoms with E-state index < -0.39 is 0 Å². The molecule has 0 aromatic heterocycles. The molecule has 0 spiro atoms. The zero-order valence-corrected chi connectivity index (χ0v) is 11.1. The topological polar surface area (TPSA) is 55.1 Å². The first-order valence-corrected chi connectivity index (χ1v) is 7.01. The second-order valence-corrected chi connectivity index (χ2v) is 4.89. The van der Waals surface area contributed by atoms with Gasteiger partial charge in [-0.1, -0.05) is 27.2 Å². The van der Waals surface area contributed by atoms with Crippen LogP contribution < -0.4 is 11.1 Å². The fourth-order valence-electron chi connectivity index (χ4n) is 1.27. The average molecular weight is 232 g/mol. The Morgan fingerprint density at radius 3 is 2.40 bits per heavy atom. The minimum absolute atomic E-state index is 0.00903. The highest BCUT2D eigenvalue weighted by Gasteiger charge is 2.21. The van der Waals surface area contributed by atoms with Crippen molar-refractivity contribution in [3.63, 3.8) is 0 Å². The maximum absolute atomic E-state index is 11.7. The van der Waals surface area contributed by atoms with Gasteiger partial charge in [-0.3, -0.25) is 4.79 Å². The van der Waals surface area contributed by atoms with E-state index in [2.05, 4.69) is 19.2 Å². The van der Waals surface area contributed by atoms with Crippen molar-refractivity contribution in [2.45, 2.75) is 45.7 Å². The Balaban J connectivity index is 4.09. The largest absolute Gasteiger partial charge is 0.351 e. The quantitative estimate of drug-likeness (QED) is 0.701. The van der Waals surface area contributed by atoms with E-state index in [0.29, 0.717) is 0 Å². The molecule has 1 amide bonds. The lowest BCUT2D eigenvalue weighted by atomic mass is 9.99. The molecule has 0 aliphatic heterocycles. The lowest BCUT2D eigenvalue weighted by Crippen LogP contribution is -2.48. The van der Waals surface area contributed by atoms with Crippen molar-refractivity contribution in [2.75, 3.05) is 12.0 Å². The monoisotopic (exact) mass is 232 g/mol. The molecule has 15 heavy (non-hydrogen) atoms. The van der Waals surface area contributed by atoms with Crippen LogP contribution in [0.1, 0.15) is 33.6 Å². The second-order valence-electron chi connectivity index (χ2n) is 3.98. The summed E-state index contributed by atoms with van der Waals surface area (Å²) in [6.45, 7) is 6.15. The molecule has 1 unspecified atom stereocenters. The Labute approximate surface area is 97.6 Å². The van der Waals surface area contributed by atoms with Crippen molar-refractivity contribution >= 4 is 17.7 Å². The number of carbonyl (C=O) groups is 1. The first-order chi connectivity index (χ1) is 7.06. The maximum atomic E-state index is 11.7. The molecule has 3 N–H and O–H groups in total. The molecular weight excluding hydrogens is 208 g/mol. The standard InChI is InChI=1S/C11H24N2OS/c1-5-8(3)10(12)11(14)13-9(6-2)7-15-4/h8-10H,5-7,12H2,1-4H3,(H,13,14)/t8-,9?,10-/m0/s1. The first-order valence-electron chi connectivity index (χ1n) is 5.61. The lowest BCUT2D eigenvalue weighted by molar-refractivity contribution is -0.124. The van der Waals surface area contributed by atoms with Gasteiger partial charge >= 0.3 is 0 Å². The molecule has 0 aliphatic rings. The van der Waals surface area contributed by atoms with Gasteiger partial charge in [0.15, 0.2) is 0 Å². The molecule has 0 aliphatic carbocycles. The molecule has 0 radical (unpaired) electrons. The molecular formula is C11H24N2OS. The van der Waals surface area contributed by atoms with Gasteiger partial charge in [0.05, 0.1) is 6.04 Å². The van der Waals surface area contributed by atoms with Gasteiger partial charge in [-0.2, -0.15) is 11.8 Å². The van der Waals surface area contributed by atoms with Gasteiger partial charge in [0.25, 0.3) is 0 Å². The van der Waals surface area contributed by atoms with E-state index in [9.17, 15) is 4.79 Å². The van der Waals surface area contributed by atoms with Crippen molar-refractivity contribution in [1.82, 2.24) is 5.32 Å². The molecule has 0 saturated carbocycles. The van der Waals surface area contributed by atoms with Crippen molar-refractivity contribution in [1.29, 1.82) is 0 Å². The number of nitrogens with two attached hydrogens (primary N) is 1. The third-order valence-electron chi connectivity index (χ3n) is 2.77. The Hall–Kier alpha value is -0.220. The van der Waals surface area contributed by atoms with Crippen LogP contribution in [0.2, 0.25) is 0 Å². The van der Waals surface area contributed by atoms with E-state index in [1.54, 1.807) is 11.8 Å². The van der Waals surface area contributed by atoms with E-state index in [-0.39, 0.29) is 23.9 Å². The number of amides is 1. The highest BCUT2D eigenvalue weighted by molar-refractivity contribution is 7.98. The van der Waals surface area contributed by atoms with Crippen LogP contribution in [0.15, 0.2) is 0 Å². The molecule has 3 nitrogen and oxygen atoms in total. The highest BCUT2D eigenvalue weighted by atomic mass is 32.2. The minimum atomic E-state index is -0.370. The number of rotatable bonds is 7.